The van der Waals surface area contributed by atoms with Gasteiger partial charge in [-0.1, -0.05) is 0 Å². The largest absolute Gasteiger partial charge is 0.385 e. The normalized spacial score (nSPS) is 9.54. The molecule has 70 valence electrons. The van der Waals surface area contributed by atoms with Crippen LogP contribution >= 0.6 is 0 Å². The second kappa shape index (κ2) is 5.13. The number of anilines is 1. The molecule has 0 aliphatic heterocycles. The topological polar surface area (TPSA) is 68.0 Å². The van der Waals surface area contributed by atoms with Crippen LogP contribution in [0.3, 0.4) is 0 Å². The molecule has 1 rings (SSSR count). The predicted octanol–water partition coefficient (Wildman–Crippen LogP) is 0.759. The molecule has 1 aromatic heterocycles. The Morgan fingerprint density at radius 1 is 1.46 bits per heavy atom. The van der Waals surface area contributed by atoms with E-state index in [2.05, 4.69) is 10.3 Å². The number of pyridine rings is 1. The van der Waals surface area contributed by atoms with Crippen molar-refractivity contribution in [3.63, 3.8) is 0 Å². The van der Waals surface area contributed by atoms with Crippen molar-refractivity contribution in [1.29, 1.82) is 0 Å². The number of amides is 1. The summed E-state index contributed by atoms with van der Waals surface area (Å²) in [7, 11) is 0. The molecule has 0 spiro atoms. The molecule has 1 amide bonds. The third kappa shape index (κ3) is 4.10. The fourth-order valence-electron chi connectivity index (χ4n) is 0.965. The summed E-state index contributed by atoms with van der Waals surface area (Å²) < 4.78 is 0. The number of carbonyl (C=O) groups is 1. The number of carbonyl (C=O) groups excluding carboxylic acids is 1. The van der Waals surface area contributed by atoms with E-state index in [-0.39, 0.29) is 5.91 Å². The highest BCUT2D eigenvalue weighted by molar-refractivity contribution is 5.73. The first-order valence-corrected chi connectivity index (χ1v) is 4.21. The van der Waals surface area contributed by atoms with E-state index in [1.54, 1.807) is 12.4 Å². The molecule has 0 bridgehead atoms. The third-order valence-corrected chi connectivity index (χ3v) is 1.61. The van der Waals surface area contributed by atoms with Crippen LogP contribution in [0.1, 0.15) is 12.8 Å². The Balaban J connectivity index is 2.17. The SMILES string of the molecule is NC(=O)CCCNc1ccncc1. The van der Waals surface area contributed by atoms with E-state index in [1.807, 2.05) is 12.1 Å². The minimum absolute atomic E-state index is 0.253. The average Bonchev–Trinajstić information content (AvgIpc) is 2.14. The molecule has 0 unspecified atom stereocenters. The third-order valence-electron chi connectivity index (χ3n) is 1.61. The van der Waals surface area contributed by atoms with Gasteiger partial charge in [-0.05, 0) is 18.6 Å². The molecule has 1 aromatic rings. The summed E-state index contributed by atoms with van der Waals surface area (Å²) in [5, 5.41) is 3.15. The summed E-state index contributed by atoms with van der Waals surface area (Å²) in [6, 6.07) is 3.76. The van der Waals surface area contributed by atoms with Gasteiger partial charge in [0.25, 0.3) is 0 Å². The van der Waals surface area contributed by atoms with Crippen LogP contribution in [0.4, 0.5) is 5.69 Å². The number of nitrogens with two attached hydrogens (primary N) is 1. The monoisotopic (exact) mass is 179 g/mol. The lowest BCUT2D eigenvalue weighted by Crippen LogP contribution is -2.12. The maximum atomic E-state index is 10.4. The van der Waals surface area contributed by atoms with Crippen LogP contribution in [0.25, 0.3) is 0 Å². The van der Waals surface area contributed by atoms with Gasteiger partial charge in [-0.2, -0.15) is 0 Å². The molecule has 0 aliphatic rings. The van der Waals surface area contributed by atoms with Crippen molar-refractivity contribution < 1.29 is 4.79 Å². The molecule has 0 atom stereocenters. The number of hydrogen-bond acceptors (Lipinski definition) is 3. The quantitative estimate of drug-likeness (QED) is 0.656. The Morgan fingerprint density at radius 2 is 2.15 bits per heavy atom. The summed E-state index contributed by atoms with van der Waals surface area (Å²) in [5.74, 6) is -0.253. The number of rotatable bonds is 5. The smallest absolute Gasteiger partial charge is 0.217 e. The average molecular weight is 179 g/mol. The fourth-order valence-corrected chi connectivity index (χ4v) is 0.965. The number of nitrogens with zero attached hydrogens (tertiary/aromatic N) is 1. The van der Waals surface area contributed by atoms with Crippen molar-refractivity contribution in [2.45, 2.75) is 12.8 Å². The Bertz CT molecular complexity index is 261. The van der Waals surface area contributed by atoms with E-state index in [1.165, 1.54) is 0 Å². The Morgan fingerprint density at radius 3 is 2.77 bits per heavy atom. The highest BCUT2D eigenvalue weighted by atomic mass is 16.1. The minimum Gasteiger partial charge on any atom is -0.385 e. The second-order valence-corrected chi connectivity index (χ2v) is 2.73. The van der Waals surface area contributed by atoms with Gasteiger partial charge in [0.1, 0.15) is 0 Å². The van der Waals surface area contributed by atoms with Gasteiger partial charge in [-0.25, -0.2) is 0 Å². The van der Waals surface area contributed by atoms with Crippen molar-refractivity contribution in [2.75, 3.05) is 11.9 Å². The van der Waals surface area contributed by atoms with E-state index in [0.29, 0.717) is 6.42 Å². The molecule has 0 radical (unpaired) electrons. The molecule has 0 aromatic carbocycles. The molecule has 0 fully saturated rings. The van der Waals surface area contributed by atoms with Crippen molar-refractivity contribution in [3.8, 4) is 0 Å². The van der Waals surface area contributed by atoms with Gasteiger partial charge >= 0.3 is 0 Å². The van der Waals surface area contributed by atoms with Gasteiger partial charge in [-0.15, -0.1) is 0 Å². The minimum atomic E-state index is -0.253. The summed E-state index contributed by atoms with van der Waals surface area (Å²) >= 11 is 0. The Labute approximate surface area is 77.2 Å². The fraction of sp³-hybridized carbons (Fsp3) is 0.333. The Hall–Kier alpha value is -1.58. The number of aromatic nitrogens is 1. The molecule has 3 N–H and O–H groups in total. The van der Waals surface area contributed by atoms with Gasteiger partial charge in [0.15, 0.2) is 0 Å². The Kier molecular flexibility index (Phi) is 3.75. The number of primary amides is 1. The van der Waals surface area contributed by atoms with Crippen molar-refractivity contribution in [3.05, 3.63) is 24.5 Å². The van der Waals surface area contributed by atoms with E-state index in [0.717, 1.165) is 18.7 Å². The molecule has 13 heavy (non-hydrogen) atoms. The number of nitrogens with one attached hydrogen (secondary N) is 1. The van der Waals surface area contributed by atoms with Gasteiger partial charge in [0.2, 0.25) is 5.91 Å². The molecular weight excluding hydrogens is 166 g/mol. The summed E-state index contributed by atoms with van der Waals surface area (Å²) in [6.07, 6.45) is 4.63. The van der Waals surface area contributed by atoms with Crippen LogP contribution in [0.15, 0.2) is 24.5 Å². The zero-order valence-corrected chi connectivity index (χ0v) is 7.36. The van der Waals surface area contributed by atoms with Crippen LogP contribution in [-0.2, 0) is 4.79 Å². The molecule has 0 saturated carbocycles. The van der Waals surface area contributed by atoms with Crippen molar-refractivity contribution in [1.82, 2.24) is 4.98 Å². The summed E-state index contributed by atoms with van der Waals surface area (Å²) in [4.78, 5) is 14.3. The van der Waals surface area contributed by atoms with Crippen LogP contribution in [-0.4, -0.2) is 17.4 Å². The van der Waals surface area contributed by atoms with Crippen LogP contribution in [0, 0.1) is 0 Å². The molecule has 4 nitrogen and oxygen atoms in total. The molecule has 4 heteroatoms. The zero-order chi connectivity index (χ0) is 9.52. The van der Waals surface area contributed by atoms with Crippen molar-refractivity contribution >= 4 is 11.6 Å². The molecule has 0 saturated heterocycles. The maximum absolute atomic E-state index is 10.4. The van der Waals surface area contributed by atoms with E-state index < -0.39 is 0 Å². The standard InChI is InChI=1S/C9H13N3O/c10-9(13)2-1-5-12-8-3-6-11-7-4-8/h3-4,6-7H,1-2,5H2,(H2,10,13)(H,11,12). The second-order valence-electron chi connectivity index (χ2n) is 2.73. The molecular formula is C9H13N3O. The van der Waals surface area contributed by atoms with Crippen LogP contribution in [0.2, 0.25) is 0 Å². The summed E-state index contributed by atoms with van der Waals surface area (Å²) in [6.45, 7) is 0.757. The van der Waals surface area contributed by atoms with Crippen LogP contribution in [0.5, 0.6) is 0 Å². The highest BCUT2D eigenvalue weighted by Gasteiger charge is 1.93. The highest BCUT2D eigenvalue weighted by Crippen LogP contribution is 2.02. The first-order chi connectivity index (χ1) is 6.29. The van der Waals surface area contributed by atoms with Crippen LogP contribution < -0.4 is 11.1 Å². The van der Waals surface area contributed by atoms with E-state index in [9.17, 15) is 4.79 Å². The lowest BCUT2D eigenvalue weighted by Gasteiger charge is -2.03. The van der Waals surface area contributed by atoms with E-state index in [4.69, 9.17) is 5.73 Å². The van der Waals surface area contributed by atoms with Gasteiger partial charge in [0.05, 0.1) is 0 Å². The lowest BCUT2D eigenvalue weighted by molar-refractivity contribution is -0.118. The van der Waals surface area contributed by atoms with Crippen molar-refractivity contribution in [2.24, 2.45) is 5.73 Å². The number of hydrogen-bond donors (Lipinski definition) is 2. The first kappa shape index (κ1) is 9.51. The van der Waals surface area contributed by atoms with Gasteiger partial charge in [0, 0.05) is 31.0 Å². The zero-order valence-electron chi connectivity index (χ0n) is 7.36. The van der Waals surface area contributed by atoms with E-state index >= 15 is 0 Å². The van der Waals surface area contributed by atoms with Gasteiger partial charge in [-0.3, -0.25) is 9.78 Å². The molecule has 0 aliphatic carbocycles. The molecule has 1 heterocycles. The predicted molar refractivity (Wildman–Crippen MR) is 51.2 cm³/mol. The first-order valence-electron chi connectivity index (χ1n) is 4.21. The summed E-state index contributed by atoms with van der Waals surface area (Å²) in [5.41, 5.74) is 6.01. The van der Waals surface area contributed by atoms with Gasteiger partial charge < -0.3 is 11.1 Å². The lowest BCUT2D eigenvalue weighted by atomic mass is 10.3. The maximum Gasteiger partial charge on any atom is 0.217 e.